The predicted molar refractivity (Wildman–Crippen MR) is 86.4 cm³/mol. The molecule has 3 rings (SSSR count). The molecule has 1 aliphatic heterocycles. The van der Waals surface area contributed by atoms with Crippen molar-refractivity contribution in [2.75, 3.05) is 18.4 Å². The molecule has 1 saturated heterocycles. The number of nitrogens with one attached hydrogen (secondary N) is 1. The van der Waals surface area contributed by atoms with Gasteiger partial charge in [-0.1, -0.05) is 30.3 Å². The molecule has 114 valence electrons. The van der Waals surface area contributed by atoms with Crippen LogP contribution in [-0.2, 0) is 4.79 Å². The summed E-state index contributed by atoms with van der Waals surface area (Å²) in [6.07, 6.45) is 3.68. The van der Waals surface area contributed by atoms with E-state index in [9.17, 15) is 4.79 Å². The molecule has 0 atom stereocenters. The second-order valence-electron chi connectivity index (χ2n) is 5.56. The van der Waals surface area contributed by atoms with E-state index in [1.807, 2.05) is 41.3 Å². The van der Waals surface area contributed by atoms with Gasteiger partial charge in [0.05, 0.1) is 0 Å². The Bertz CT molecular complexity index is 636. The Morgan fingerprint density at radius 3 is 2.59 bits per heavy atom. The second kappa shape index (κ2) is 6.56. The molecular formula is C17H20N4O. The summed E-state index contributed by atoms with van der Waals surface area (Å²) in [4.78, 5) is 22.2. The number of nitrogens with zero attached hydrogens (tertiary/aromatic N) is 3. The van der Waals surface area contributed by atoms with Crippen LogP contribution in [0.2, 0.25) is 0 Å². The van der Waals surface area contributed by atoms with Gasteiger partial charge in [-0.25, -0.2) is 9.97 Å². The van der Waals surface area contributed by atoms with Gasteiger partial charge in [0.15, 0.2) is 5.82 Å². The van der Waals surface area contributed by atoms with Crippen molar-refractivity contribution in [1.82, 2.24) is 14.9 Å². The Hall–Kier alpha value is -2.43. The highest BCUT2D eigenvalue weighted by molar-refractivity contribution is 5.73. The van der Waals surface area contributed by atoms with Crippen molar-refractivity contribution in [3.8, 4) is 11.4 Å². The second-order valence-corrected chi connectivity index (χ2v) is 5.56. The maximum Gasteiger partial charge on any atom is 0.219 e. The highest BCUT2D eigenvalue weighted by Crippen LogP contribution is 2.18. The maximum atomic E-state index is 11.4. The normalized spacial score (nSPS) is 15.6. The largest absolute Gasteiger partial charge is 0.367 e. The van der Waals surface area contributed by atoms with E-state index in [-0.39, 0.29) is 5.91 Å². The number of benzene rings is 1. The number of carbonyl (C=O) groups excluding carboxylic acids is 1. The smallest absolute Gasteiger partial charge is 0.219 e. The van der Waals surface area contributed by atoms with Crippen LogP contribution in [-0.4, -0.2) is 39.9 Å². The fourth-order valence-corrected chi connectivity index (χ4v) is 2.71. The van der Waals surface area contributed by atoms with E-state index < -0.39 is 0 Å². The molecule has 0 unspecified atom stereocenters. The number of aromatic nitrogens is 2. The number of likely N-dealkylation sites (tertiary alicyclic amines) is 1. The lowest BCUT2D eigenvalue weighted by atomic mass is 10.1. The third-order valence-electron chi connectivity index (χ3n) is 3.98. The topological polar surface area (TPSA) is 58.1 Å². The standard InChI is InChI=1S/C17H20N4O/c1-13(22)21-11-8-15(9-12-21)19-16-7-10-18-17(20-16)14-5-3-2-4-6-14/h2-7,10,15H,8-9,11-12H2,1H3,(H,18,19,20). The molecule has 1 aromatic carbocycles. The van der Waals surface area contributed by atoms with E-state index >= 15 is 0 Å². The monoisotopic (exact) mass is 296 g/mol. The van der Waals surface area contributed by atoms with Gasteiger partial charge >= 0.3 is 0 Å². The van der Waals surface area contributed by atoms with Crippen molar-refractivity contribution >= 4 is 11.7 Å². The molecule has 1 aromatic heterocycles. The summed E-state index contributed by atoms with van der Waals surface area (Å²) in [7, 11) is 0. The van der Waals surface area contributed by atoms with Gasteiger partial charge in [-0.05, 0) is 18.9 Å². The summed E-state index contributed by atoms with van der Waals surface area (Å²) in [5.74, 6) is 1.73. The van der Waals surface area contributed by atoms with Gasteiger partial charge in [0.1, 0.15) is 5.82 Å². The first-order valence-electron chi connectivity index (χ1n) is 7.63. The summed E-state index contributed by atoms with van der Waals surface area (Å²) in [5.41, 5.74) is 1.01. The van der Waals surface area contributed by atoms with Crippen molar-refractivity contribution in [2.24, 2.45) is 0 Å². The minimum Gasteiger partial charge on any atom is -0.367 e. The quantitative estimate of drug-likeness (QED) is 0.945. The zero-order valence-corrected chi connectivity index (χ0v) is 12.7. The summed E-state index contributed by atoms with van der Waals surface area (Å²) in [5, 5.41) is 3.46. The van der Waals surface area contributed by atoms with Crippen molar-refractivity contribution in [2.45, 2.75) is 25.8 Å². The van der Waals surface area contributed by atoms with Crippen molar-refractivity contribution in [3.63, 3.8) is 0 Å². The van der Waals surface area contributed by atoms with Crippen LogP contribution >= 0.6 is 0 Å². The van der Waals surface area contributed by atoms with E-state index in [0.29, 0.717) is 6.04 Å². The number of carbonyl (C=O) groups is 1. The van der Waals surface area contributed by atoms with Crippen LogP contribution in [0.4, 0.5) is 5.82 Å². The van der Waals surface area contributed by atoms with Crippen molar-refractivity contribution in [3.05, 3.63) is 42.6 Å². The lowest BCUT2D eigenvalue weighted by Gasteiger charge is -2.31. The maximum absolute atomic E-state index is 11.4. The number of hydrogen-bond donors (Lipinski definition) is 1. The van der Waals surface area contributed by atoms with Crippen LogP contribution < -0.4 is 5.32 Å². The van der Waals surface area contributed by atoms with Gasteiger partial charge in [0.25, 0.3) is 0 Å². The molecule has 0 spiro atoms. The van der Waals surface area contributed by atoms with E-state index in [1.54, 1.807) is 13.1 Å². The number of amides is 1. The summed E-state index contributed by atoms with van der Waals surface area (Å²) in [6.45, 7) is 3.25. The molecule has 1 amide bonds. The Morgan fingerprint density at radius 1 is 1.18 bits per heavy atom. The summed E-state index contributed by atoms with van der Waals surface area (Å²) >= 11 is 0. The molecule has 1 N–H and O–H groups in total. The highest BCUT2D eigenvalue weighted by atomic mass is 16.2. The molecular weight excluding hydrogens is 276 g/mol. The minimum atomic E-state index is 0.159. The Morgan fingerprint density at radius 2 is 1.91 bits per heavy atom. The first-order chi connectivity index (χ1) is 10.7. The molecule has 0 radical (unpaired) electrons. The zero-order chi connectivity index (χ0) is 15.4. The van der Waals surface area contributed by atoms with Gasteiger partial charge in [0.2, 0.25) is 5.91 Å². The Kier molecular flexibility index (Phi) is 4.32. The molecule has 0 saturated carbocycles. The van der Waals surface area contributed by atoms with Crippen LogP contribution in [0, 0.1) is 0 Å². The van der Waals surface area contributed by atoms with Crippen LogP contribution in [0.25, 0.3) is 11.4 Å². The number of hydrogen-bond acceptors (Lipinski definition) is 4. The molecule has 5 nitrogen and oxygen atoms in total. The molecule has 2 aromatic rings. The van der Waals surface area contributed by atoms with Crippen molar-refractivity contribution < 1.29 is 4.79 Å². The molecule has 0 bridgehead atoms. The molecule has 0 aliphatic carbocycles. The highest BCUT2D eigenvalue weighted by Gasteiger charge is 2.20. The number of anilines is 1. The fourth-order valence-electron chi connectivity index (χ4n) is 2.71. The molecule has 1 aliphatic rings. The van der Waals surface area contributed by atoms with E-state index in [0.717, 1.165) is 43.1 Å². The minimum absolute atomic E-state index is 0.159. The van der Waals surface area contributed by atoms with Crippen LogP contribution in [0.5, 0.6) is 0 Å². The van der Waals surface area contributed by atoms with Crippen LogP contribution in [0.15, 0.2) is 42.6 Å². The van der Waals surface area contributed by atoms with Gasteiger partial charge in [-0.2, -0.15) is 0 Å². The average molecular weight is 296 g/mol. The number of rotatable bonds is 3. The van der Waals surface area contributed by atoms with E-state index in [2.05, 4.69) is 15.3 Å². The Labute approximate surface area is 130 Å². The summed E-state index contributed by atoms with van der Waals surface area (Å²) < 4.78 is 0. The molecule has 1 fully saturated rings. The molecule has 22 heavy (non-hydrogen) atoms. The summed E-state index contributed by atoms with van der Waals surface area (Å²) in [6, 6.07) is 12.2. The van der Waals surface area contributed by atoms with Crippen LogP contribution in [0.3, 0.4) is 0 Å². The van der Waals surface area contributed by atoms with Gasteiger partial charge in [-0.3, -0.25) is 4.79 Å². The van der Waals surface area contributed by atoms with Gasteiger partial charge in [0, 0.05) is 37.8 Å². The van der Waals surface area contributed by atoms with E-state index in [1.165, 1.54) is 0 Å². The molecule has 5 heteroatoms. The van der Waals surface area contributed by atoms with Crippen LogP contribution in [0.1, 0.15) is 19.8 Å². The third kappa shape index (κ3) is 3.42. The molecule has 2 heterocycles. The number of piperidine rings is 1. The Balaban J connectivity index is 1.66. The van der Waals surface area contributed by atoms with Gasteiger partial charge < -0.3 is 10.2 Å². The van der Waals surface area contributed by atoms with E-state index in [4.69, 9.17) is 0 Å². The van der Waals surface area contributed by atoms with Crippen molar-refractivity contribution in [1.29, 1.82) is 0 Å². The van der Waals surface area contributed by atoms with Gasteiger partial charge in [-0.15, -0.1) is 0 Å². The lowest BCUT2D eigenvalue weighted by molar-refractivity contribution is -0.129. The zero-order valence-electron chi connectivity index (χ0n) is 12.7. The average Bonchev–Trinajstić information content (AvgIpc) is 2.56. The lowest BCUT2D eigenvalue weighted by Crippen LogP contribution is -2.41. The first-order valence-corrected chi connectivity index (χ1v) is 7.63. The predicted octanol–water partition coefficient (Wildman–Crippen LogP) is 2.57. The third-order valence-corrected chi connectivity index (χ3v) is 3.98. The SMILES string of the molecule is CC(=O)N1CCC(Nc2ccnc(-c3ccccc3)n2)CC1. The fraction of sp³-hybridized carbons (Fsp3) is 0.353. The first kappa shape index (κ1) is 14.5.